The zero-order valence-corrected chi connectivity index (χ0v) is 11.3. The van der Waals surface area contributed by atoms with E-state index in [9.17, 15) is 0 Å². The third-order valence-electron chi connectivity index (χ3n) is 2.41. The highest BCUT2D eigenvalue weighted by Crippen LogP contribution is 2.14. The Morgan fingerprint density at radius 2 is 1.65 bits per heavy atom. The summed E-state index contributed by atoms with van der Waals surface area (Å²) in [6.07, 6.45) is 0. The Morgan fingerprint density at radius 3 is 2.00 bits per heavy atom. The summed E-state index contributed by atoms with van der Waals surface area (Å²) in [5.41, 5.74) is 6.36. The molecule has 0 spiro atoms. The van der Waals surface area contributed by atoms with Gasteiger partial charge in [-0.05, 0) is 24.0 Å². The Balaban J connectivity index is 2.79. The van der Waals surface area contributed by atoms with Crippen LogP contribution in [-0.2, 0) is 6.54 Å². The molecule has 0 aliphatic carbocycles. The van der Waals surface area contributed by atoms with Crippen LogP contribution in [-0.4, -0.2) is 23.3 Å². The molecule has 4 nitrogen and oxygen atoms in total. The second-order valence-corrected chi connectivity index (χ2v) is 5.28. The molecule has 1 heterocycles. The maximum atomic E-state index is 5.52. The van der Waals surface area contributed by atoms with Crippen molar-refractivity contribution in [2.24, 2.45) is 17.6 Å². The lowest BCUT2D eigenvalue weighted by molar-refractivity contribution is 0.546. The first-order valence-electron chi connectivity index (χ1n) is 6.30. The Kier molecular flexibility index (Phi) is 5.35. The zero-order valence-electron chi connectivity index (χ0n) is 11.3. The monoisotopic (exact) mass is 236 g/mol. The summed E-state index contributed by atoms with van der Waals surface area (Å²) >= 11 is 0. The van der Waals surface area contributed by atoms with Gasteiger partial charge in [0.05, 0.1) is 5.69 Å². The van der Waals surface area contributed by atoms with Crippen LogP contribution in [0.15, 0.2) is 12.1 Å². The third kappa shape index (κ3) is 4.69. The Bertz CT molecular complexity index is 309. The molecule has 0 bridgehead atoms. The predicted octanol–water partition coefficient (Wildman–Crippen LogP) is 2.05. The van der Waals surface area contributed by atoms with Gasteiger partial charge in [-0.15, -0.1) is 5.10 Å². The molecule has 1 aromatic rings. The van der Waals surface area contributed by atoms with E-state index in [1.54, 1.807) is 0 Å². The smallest absolute Gasteiger partial charge is 0.151 e. The van der Waals surface area contributed by atoms with Gasteiger partial charge in [0.15, 0.2) is 5.82 Å². The summed E-state index contributed by atoms with van der Waals surface area (Å²) in [6, 6.07) is 3.97. The molecule has 17 heavy (non-hydrogen) atoms. The van der Waals surface area contributed by atoms with Gasteiger partial charge in [-0.25, -0.2) is 0 Å². The summed E-state index contributed by atoms with van der Waals surface area (Å²) in [7, 11) is 0. The number of rotatable bonds is 6. The number of hydrogen-bond acceptors (Lipinski definition) is 4. The second-order valence-electron chi connectivity index (χ2n) is 5.28. The first-order chi connectivity index (χ1) is 8.02. The van der Waals surface area contributed by atoms with Gasteiger partial charge in [-0.1, -0.05) is 27.7 Å². The van der Waals surface area contributed by atoms with Gasteiger partial charge in [0, 0.05) is 19.6 Å². The van der Waals surface area contributed by atoms with Crippen molar-refractivity contribution in [1.29, 1.82) is 0 Å². The molecule has 0 aliphatic heterocycles. The van der Waals surface area contributed by atoms with Crippen LogP contribution < -0.4 is 10.6 Å². The van der Waals surface area contributed by atoms with Crippen molar-refractivity contribution in [3.8, 4) is 0 Å². The highest BCUT2D eigenvalue weighted by atomic mass is 15.3. The van der Waals surface area contributed by atoms with Crippen molar-refractivity contribution in [3.05, 3.63) is 17.8 Å². The Morgan fingerprint density at radius 1 is 1.06 bits per heavy atom. The first-order valence-corrected chi connectivity index (χ1v) is 6.30. The molecule has 0 saturated heterocycles. The molecule has 0 aromatic carbocycles. The fraction of sp³-hybridized carbons (Fsp3) is 0.692. The largest absolute Gasteiger partial charge is 0.355 e. The van der Waals surface area contributed by atoms with Gasteiger partial charge in [-0.3, -0.25) is 0 Å². The molecule has 0 unspecified atom stereocenters. The molecular weight excluding hydrogens is 212 g/mol. The van der Waals surface area contributed by atoms with E-state index in [0.717, 1.165) is 24.6 Å². The summed E-state index contributed by atoms with van der Waals surface area (Å²) < 4.78 is 0. The highest BCUT2D eigenvalue weighted by molar-refractivity contribution is 5.37. The Labute approximate surface area is 104 Å². The number of anilines is 1. The van der Waals surface area contributed by atoms with Crippen LogP contribution >= 0.6 is 0 Å². The van der Waals surface area contributed by atoms with Crippen LogP contribution in [0, 0.1) is 11.8 Å². The summed E-state index contributed by atoms with van der Waals surface area (Å²) in [4.78, 5) is 2.29. The average molecular weight is 236 g/mol. The molecule has 1 aromatic heterocycles. The molecule has 0 saturated carbocycles. The number of nitrogens with two attached hydrogens (primary N) is 1. The number of hydrogen-bond donors (Lipinski definition) is 1. The lowest BCUT2D eigenvalue weighted by Crippen LogP contribution is -2.32. The van der Waals surface area contributed by atoms with Crippen molar-refractivity contribution >= 4 is 5.82 Å². The molecule has 4 heteroatoms. The van der Waals surface area contributed by atoms with Crippen LogP contribution in [0.4, 0.5) is 5.82 Å². The van der Waals surface area contributed by atoms with E-state index in [0.29, 0.717) is 18.4 Å². The molecular formula is C13H24N4. The number of aromatic nitrogens is 2. The lowest BCUT2D eigenvalue weighted by atomic mass is 10.1. The quantitative estimate of drug-likeness (QED) is 0.821. The van der Waals surface area contributed by atoms with Gasteiger partial charge in [-0.2, -0.15) is 5.10 Å². The molecule has 96 valence electrons. The van der Waals surface area contributed by atoms with Crippen LogP contribution in [0.5, 0.6) is 0 Å². The fourth-order valence-electron chi connectivity index (χ4n) is 1.77. The van der Waals surface area contributed by atoms with E-state index in [-0.39, 0.29) is 0 Å². The molecule has 0 aliphatic rings. The predicted molar refractivity (Wildman–Crippen MR) is 71.8 cm³/mol. The SMILES string of the molecule is CC(C)CN(CC(C)C)c1ccc(CN)nn1. The molecule has 0 amide bonds. The Hall–Kier alpha value is -1.16. The number of nitrogens with zero attached hydrogens (tertiary/aromatic N) is 3. The molecule has 0 atom stereocenters. The van der Waals surface area contributed by atoms with Crippen molar-refractivity contribution < 1.29 is 0 Å². The summed E-state index contributed by atoms with van der Waals surface area (Å²) in [5, 5.41) is 8.37. The second kappa shape index (κ2) is 6.55. The third-order valence-corrected chi connectivity index (χ3v) is 2.41. The van der Waals surface area contributed by atoms with Crippen molar-refractivity contribution in [1.82, 2.24) is 10.2 Å². The van der Waals surface area contributed by atoms with Gasteiger partial charge in [0.25, 0.3) is 0 Å². The lowest BCUT2D eigenvalue weighted by Gasteiger charge is -2.26. The summed E-state index contributed by atoms with van der Waals surface area (Å²) in [5.74, 6) is 2.18. The fourth-order valence-corrected chi connectivity index (χ4v) is 1.77. The van der Waals surface area contributed by atoms with Gasteiger partial charge in [0.1, 0.15) is 0 Å². The standard InChI is InChI=1S/C13H24N4/c1-10(2)8-17(9-11(3)4)13-6-5-12(7-14)15-16-13/h5-6,10-11H,7-9,14H2,1-4H3. The zero-order chi connectivity index (χ0) is 12.8. The summed E-state index contributed by atoms with van der Waals surface area (Å²) in [6.45, 7) is 11.3. The van der Waals surface area contributed by atoms with Crippen LogP contribution in [0.1, 0.15) is 33.4 Å². The van der Waals surface area contributed by atoms with E-state index in [1.165, 1.54) is 0 Å². The van der Waals surface area contributed by atoms with Gasteiger partial charge in [0.2, 0.25) is 0 Å². The van der Waals surface area contributed by atoms with Gasteiger partial charge < -0.3 is 10.6 Å². The van der Waals surface area contributed by atoms with Crippen molar-refractivity contribution in [3.63, 3.8) is 0 Å². The average Bonchev–Trinajstić information content (AvgIpc) is 2.27. The van der Waals surface area contributed by atoms with E-state index in [2.05, 4.69) is 42.8 Å². The van der Waals surface area contributed by atoms with Gasteiger partial charge >= 0.3 is 0 Å². The van der Waals surface area contributed by atoms with E-state index in [1.807, 2.05) is 12.1 Å². The topological polar surface area (TPSA) is 55.0 Å². The molecule has 0 fully saturated rings. The van der Waals surface area contributed by atoms with E-state index >= 15 is 0 Å². The molecule has 0 radical (unpaired) electrons. The minimum Gasteiger partial charge on any atom is -0.355 e. The molecule has 1 rings (SSSR count). The van der Waals surface area contributed by atoms with Crippen molar-refractivity contribution in [2.45, 2.75) is 34.2 Å². The maximum absolute atomic E-state index is 5.52. The van der Waals surface area contributed by atoms with Crippen LogP contribution in [0.3, 0.4) is 0 Å². The van der Waals surface area contributed by atoms with Crippen molar-refractivity contribution in [2.75, 3.05) is 18.0 Å². The highest BCUT2D eigenvalue weighted by Gasteiger charge is 2.12. The maximum Gasteiger partial charge on any atom is 0.151 e. The van der Waals surface area contributed by atoms with E-state index < -0.39 is 0 Å². The molecule has 2 N–H and O–H groups in total. The first kappa shape index (κ1) is 13.9. The van der Waals surface area contributed by atoms with Crippen LogP contribution in [0.2, 0.25) is 0 Å². The van der Waals surface area contributed by atoms with Crippen LogP contribution in [0.25, 0.3) is 0 Å². The minimum absolute atomic E-state index is 0.446. The minimum atomic E-state index is 0.446. The normalized spacial score (nSPS) is 11.2. The van der Waals surface area contributed by atoms with E-state index in [4.69, 9.17) is 5.73 Å².